The van der Waals surface area contributed by atoms with E-state index in [1.807, 2.05) is 6.92 Å². The molecule has 4 nitrogen and oxygen atoms in total. The maximum atomic E-state index is 9.95. The van der Waals surface area contributed by atoms with Gasteiger partial charge in [-0.3, -0.25) is 4.90 Å². The summed E-state index contributed by atoms with van der Waals surface area (Å²) < 4.78 is 5.29. The molecule has 4 heteroatoms. The third kappa shape index (κ3) is 4.84. The van der Waals surface area contributed by atoms with Crippen molar-refractivity contribution >= 4 is 0 Å². The lowest BCUT2D eigenvalue weighted by atomic mass is 10.0. The number of nitrogens with one attached hydrogen (secondary N) is 1. The second kappa shape index (κ2) is 7.43. The zero-order chi connectivity index (χ0) is 12.8. The Morgan fingerprint density at radius 2 is 2.17 bits per heavy atom. The molecule has 0 amide bonds. The number of aliphatic hydroxyl groups excluding tert-OH is 1. The molecule has 2 rings (SSSR count). The van der Waals surface area contributed by atoms with Gasteiger partial charge in [0.15, 0.2) is 0 Å². The number of aliphatic hydroxyl groups is 1. The van der Waals surface area contributed by atoms with Gasteiger partial charge in [0.25, 0.3) is 0 Å². The molecule has 0 aromatic rings. The lowest BCUT2D eigenvalue weighted by Crippen LogP contribution is -2.49. The van der Waals surface area contributed by atoms with Crippen LogP contribution in [-0.2, 0) is 4.74 Å². The van der Waals surface area contributed by atoms with Gasteiger partial charge in [-0.2, -0.15) is 0 Å². The van der Waals surface area contributed by atoms with Gasteiger partial charge >= 0.3 is 0 Å². The van der Waals surface area contributed by atoms with Crippen molar-refractivity contribution in [3.05, 3.63) is 0 Å². The Morgan fingerprint density at radius 3 is 2.89 bits per heavy atom. The van der Waals surface area contributed by atoms with Crippen LogP contribution in [0.25, 0.3) is 0 Å². The van der Waals surface area contributed by atoms with Gasteiger partial charge in [-0.25, -0.2) is 0 Å². The molecule has 0 radical (unpaired) electrons. The van der Waals surface area contributed by atoms with Crippen LogP contribution in [0.3, 0.4) is 0 Å². The molecule has 106 valence electrons. The lowest BCUT2D eigenvalue weighted by molar-refractivity contribution is 0.00564. The molecule has 0 bridgehead atoms. The Labute approximate surface area is 111 Å². The molecule has 2 N–H and O–H groups in total. The maximum Gasteiger partial charge on any atom is 0.0900 e. The van der Waals surface area contributed by atoms with Gasteiger partial charge in [-0.15, -0.1) is 0 Å². The molecule has 18 heavy (non-hydrogen) atoms. The van der Waals surface area contributed by atoms with Crippen molar-refractivity contribution in [2.24, 2.45) is 0 Å². The van der Waals surface area contributed by atoms with E-state index in [0.717, 1.165) is 25.7 Å². The molecule has 1 saturated heterocycles. The summed E-state index contributed by atoms with van der Waals surface area (Å²) >= 11 is 0. The van der Waals surface area contributed by atoms with Gasteiger partial charge in [-0.05, 0) is 39.2 Å². The topological polar surface area (TPSA) is 44.7 Å². The van der Waals surface area contributed by atoms with E-state index >= 15 is 0 Å². The van der Waals surface area contributed by atoms with E-state index in [0.29, 0.717) is 19.3 Å². The second-order valence-corrected chi connectivity index (χ2v) is 5.64. The number of β-amino-alcohol motifs (C(OH)–C–C–N with tert-alkyl or cyclic N) is 1. The van der Waals surface area contributed by atoms with Crippen molar-refractivity contribution in [2.45, 2.75) is 57.2 Å². The fourth-order valence-corrected chi connectivity index (χ4v) is 2.70. The normalized spacial score (nSPS) is 27.3. The number of hydrogen-bond donors (Lipinski definition) is 2. The molecule has 1 aliphatic carbocycles. The maximum absolute atomic E-state index is 9.95. The van der Waals surface area contributed by atoms with Crippen LogP contribution in [0.15, 0.2) is 0 Å². The average molecular weight is 256 g/mol. The van der Waals surface area contributed by atoms with Gasteiger partial charge in [0.1, 0.15) is 0 Å². The van der Waals surface area contributed by atoms with E-state index in [-0.39, 0.29) is 6.10 Å². The van der Waals surface area contributed by atoms with Crippen LogP contribution >= 0.6 is 0 Å². The van der Waals surface area contributed by atoms with E-state index in [9.17, 15) is 5.11 Å². The third-order valence-corrected chi connectivity index (χ3v) is 3.93. The van der Waals surface area contributed by atoms with E-state index in [4.69, 9.17) is 4.74 Å². The van der Waals surface area contributed by atoms with Gasteiger partial charge < -0.3 is 15.2 Å². The number of likely N-dealkylation sites (tertiary alicyclic amines) is 1. The Kier molecular flexibility index (Phi) is 5.89. The van der Waals surface area contributed by atoms with Crippen LogP contribution in [0.2, 0.25) is 0 Å². The first kappa shape index (κ1) is 14.3. The summed E-state index contributed by atoms with van der Waals surface area (Å²) in [4.78, 5) is 2.45. The predicted molar refractivity (Wildman–Crippen MR) is 72.7 cm³/mol. The summed E-state index contributed by atoms with van der Waals surface area (Å²) in [6.45, 7) is 6.10. The molecule has 2 atom stereocenters. The third-order valence-electron chi connectivity index (χ3n) is 3.93. The van der Waals surface area contributed by atoms with Crippen molar-refractivity contribution in [1.82, 2.24) is 10.2 Å². The van der Waals surface area contributed by atoms with Crippen LogP contribution < -0.4 is 5.32 Å². The summed E-state index contributed by atoms with van der Waals surface area (Å²) in [5, 5.41) is 13.6. The van der Waals surface area contributed by atoms with Crippen molar-refractivity contribution in [2.75, 3.05) is 32.8 Å². The molecule has 0 spiro atoms. The Hall–Kier alpha value is -0.160. The Morgan fingerprint density at radius 1 is 1.33 bits per heavy atom. The molecule has 1 aliphatic heterocycles. The quantitative estimate of drug-likeness (QED) is 0.680. The molecule has 2 unspecified atom stereocenters. The van der Waals surface area contributed by atoms with Crippen LogP contribution in [0.5, 0.6) is 0 Å². The molecule has 0 aromatic carbocycles. The van der Waals surface area contributed by atoms with Crippen LogP contribution in [-0.4, -0.2) is 61.0 Å². The minimum Gasteiger partial charge on any atom is -0.389 e. The van der Waals surface area contributed by atoms with Crippen molar-refractivity contribution in [3.8, 4) is 0 Å². The van der Waals surface area contributed by atoms with Gasteiger partial charge in [0.2, 0.25) is 0 Å². The van der Waals surface area contributed by atoms with Crippen molar-refractivity contribution < 1.29 is 9.84 Å². The van der Waals surface area contributed by atoms with Crippen molar-refractivity contribution in [1.29, 1.82) is 0 Å². The van der Waals surface area contributed by atoms with Crippen LogP contribution in [0.4, 0.5) is 0 Å². The van der Waals surface area contributed by atoms with E-state index in [1.54, 1.807) is 0 Å². The molecule has 2 aliphatic rings. The first-order valence-electron chi connectivity index (χ1n) is 7.53. The fraction of sp³-hybridized carbons (Fsp3) is 1.00. The fourth-order valence-electron chi connectivity index (χ4n) is 2.70. The number of piperidine rings is 1. The van der Waals surface area contributed by atoms with E-state index < -0.39 is 0 Å². The van der Waals surface area contributed by atoms with Gasteiger partial charge in [-0.1, -0.05) is 6.42 Å². The lowest BCUT2D eigenvalue weighted by Gasteiger charge is -2.37. The summed E-state index contributed by atoms with van der Waals surface area (Å²) in [6.07, 6.45) is 6.21. The van der Waals surface area contributed by atoms with Crippen molar-refractivity contribution in [3.63, 3.8) is 0 Å². The van der Waals surface area contributed by atoms with Gasteiger partial charge in [0.05, 0.1) is 12.7 Å². The number of hydrogen-bond acceptors (Lipinski definition) is 4. The molecule has 2 fully saturated rings. The molecule has 1 saturated carbocycles. The number of rotatable bonds is 8. The highest BCUT2D eigenvalue weighted by atomic mass is 16.5. The smallest absolute Gasteiger partial charge is 0.0900 e. The molecule has 1 heterocycles. The van der Waals surface area contributed by atoms with Crippen LogP contribution in [0, 0.1) is 0 Å². The summed E-state index contributed by atoms with van der Waals surface area (Å²) in [7, 11) is 0. The Balaban J connectivity index is 1.71. The first-order valence-corrected chi connectivity index (χ1v) is 7.53. The number of ether oxygens (including phenoxy) is 1. The highest BCUT2D eigenvalue weighted by Crippen LogP contribution is 2.21. The summed E-state index contributed by atoms with van der Waals surface area (Å²) in [5.41, 5.74) is 0. The Bertz CT molecular complexity index is 234. The number of nitrogens with zero attached hydrogens (tertiary/aromatic N) is 1. The van der Waals surface area contributed by atoms with Crippen LogP contribution in [0.1, 0.15) is 39.0 Å². The summed E-state index contributed by atoms with van der Waals surface area (Å²) in [6, 6.07) is 1.39. The largest absolute Gasteiger partial charge is 0.389 e. The van der Waals surface area contributed by atoms with Gasteiger partial charge in [0, 0.05) is 31.8 Å². The van der Waals surface area contributed by atoms with E-state index in [2.05, 4.69) is 10.2 Å². The minimum atomic E-state index is -0.341. The monoisotopic (exact) mass is 256 g/mol. The highest BCUT2D eigenvalue weighted by Gasteiger charge is 2.27. The molecule has 0 aromatic heterocycles. The SMILES string of the molecule is CCOCC(O)CN1CCCCC1CNC1CC1. The highest BCUT2D eigenvalue weighted by molar-refractivity contribution is 4.86. The zero-order valence-electron chi connectivity index (χ0n) is 11.6. The standard InChI is InChI=1S/C14H28N2O2/c1-2-18-11-14(17)10-16-8-4-3-5-13(16)9-15-12-6-7-12/h12-15,17H,2-11H2,1H3. The zero-order valence-corrected chi connectivity index (χ0v) is 11.6. The second-order valence-electron chi connectivity index (χ2n) is 5.64. The summed E-state index contributed by atoms with van der Waals surface area (Å²) in [5.74, 6) is 0. The average Bonchev–Trinajstić information content (AvgIpc) is 3.19. The minimum absolute atomic E-state index is 0.341. The van der Waals surface area contributed by atoms with E-state index in [1.165, 1.54) is 32.1 Å². The molecular formula is C14H28N2O2. The first-order chi connectivity index (χ1) is 8.79. The predicted octanol–water partition coefficient (Wildman–Crippen LogP) is 0.990. The molecular weight excluding hydrogens is 228 g/mol.